The molecule has 88 valence electrons. The number of hydrogen-bond acceptors (Lipinski definition) is 3. The molecule has 2 heterocycles. The van der Waals surface area contributed by atoms with E-state index in [1.165, 1.54) is 0 Å². The molecule has 2 rings (SSSR count). The third kappa shape index (κ3) is 3.52. The number of aryl methyl sites for hydroxylation is 2. The van der Waals surface area contributed by atoms with Crippen molar-refractivity contribution >= 4 is 5.78 Å². The van der Waals surface area contributed by atoms with Crippen LogP contribution < -0.4 is 0 Å². The zero-order valence-corrected chi connectivity index (χ0v) is 9.84. The van der Waals surface area contributed by atoms with Gasteiger partial charge in [-0.25, -0.2) is 0 Å². The second-order valence-corrected chi connectivity index (χ2v) is 4.05. The first kappa shape index (κ1) is 11.5. The molecule has 0 bridgehead atoms. The van der Waals surface area contributed by atoms with Gasteiger partial charge in [0.1, 0.15) is 5.78 Å². The summed E-state index contributed by atoms with van der Waals surface area (Å²) in [6.45, 7) is 0. The molecular weight excluding hydrogens is 214 g/mol. The summed E-state index contributed by atoms with van der Waals surface area (Å²) in [5.41, 5.74) is 1.99. The van der Waals surface area contributed by atoms with E-state index in [-0.39, 0.29) is 5.78 Å². The smallest absolute Gasteiger partial charge is 0.139 e. The van der Waals surface area contributed by atoms with Crippen LogP contribution in [0.3, 0.4) is 0 Å². The standard InChI is InChI=1S/C13H15N3O/c1-16-9-6-12(15-16)10-13(17)3-2-11-4-7-14-8-5-11/h4-9H,2-3,10H2,1H3. The highest BCUT2D eigenvalue weighted by Gasteiger charge is 2.06. The molecule has 2 aromatic heterocycles. The first-order chi connectivity index (χ1) is 8.24. The number of ketones is 1. The Bertz CT molecular complexity index is 490. The Morgan fingerprint density at radius 2 is 2.06 bits per heavy atom. The van der Waals surface area contributed by atoms with Gasteiger partial charge in [-0.1, -0.05) is 0 Å². The van der Waals surface area contributed by atoms with Crippen molar-refractivity contribution in [2.24, 2.45) is 7.05 Å². The van der Waals surface area contributed by atoms with Gasteiger partial charge in [0.05, 0.1) is 12.1 Å². The molecule has 0 fully saturated rings. The van der Waals surface area contributed by atoms with Gasteiger partial charge in [-0.2, -0.15) is 5.10 Å². The fourth-order valence-electron chi connectivity index (χ4n) is 1.68. The molecule has 0 spiro atoms. The third-order valence-electron chi connectivity index (χ3n) is 2.59. The van der Waals surface area contributed by atoms with Crippen molar-refractivity contribution in [3.63, 3.8) is 0 Å². The zero-order valence-electron chi connectivity index (χ0n) is 9.84. The predicted octanol–water partition coefficient (Wildman–Crippen LogP) is 1.56. The number of carbonyl (C=O) groups is 1. The number of pyridine rings is 1. The average Bonchev–Trinajstić information content (AvgIpc) is 2.73. The molecule has 2 aromatic rings. The fraction of sp³-hybridized carbons (Fsp3) is 0.308. The van der Waals surface area contributed by atoms with Crippen molar-refractivity contribution in [1.29, 1.82) is 0 Å². The van der Waals surface area contributed by atoms with Crippen LogP contribution >= 0.6 is 0 Å². The summed E-state index contributed by atoms with van der Waals surface area (Å²) < 4.78 is 1.71. The van der Waals surface area contributed by atoms with Crippen LogP contribution in [0.4, 0.5) is 0 Å². The molecule has 0 saturated heterocycles. The van der Waals surface area contributed by atoms with E-state index in [2.05, 4.69) is 10.1 Å². The van der Waals surface area contributed by atoms with Crippen LogP contribution in [0.25, 0.3) is 0 Å². The van der Waals surface area contributed by atoms with Crippen LogP contribution in [0.5, 0.6) is 0 Å². The normalized spacial score (nSPS) is 10.4. The summed E-state index contributed by atoms with van der Waals surface area (Å²) in [5.74, 6) is 0.223. The molecule has 0 aromatic carbocycles. The largest absolute Gasteiger partial charge is 0.299 e. The van der Waals surface area contributed by atoms with E-state index in [0.29, 0.717) is 12.8 Å². The van der Waals surface area contributed by atoms with E-state index in [0.717, 1.165) is 17.7 Å². The van der Waals surface area contributed by atoms with Crippen LogP contribution in [-0.4, -0.2) is 20.5 Å². The molecule has 4 nitrogen and oxygen atoms in total. The fourth-order valence-corrected chi connectivity index (χ4v) is 1.68. The molecule has 17 heavy (non-hydrogen) atoms. The average molecular weight is 229 g/mol. The first-order valence-corrected chi connectivity index (χ1v) is 5.63. The summed E-state index contributed by atoms with van der Waals surface area (Å²) in [6, 6.07) is 5.76. The second-order valence-electron chi connectivity index (χ2n) is 4.05. The molecule has 0 atom stereocenters. The maximum atomic E-state index is 11.7. The van der Waals surface area contributed by atoms with E-state index < -0.39 is 0 Å². The molecule has 0 aliphatic rings. The minimum Gasteiger partial charge on any atom is -0.299 e. The van der Waals surface area contributed by atoms with Gasteiger partial charge < -0.3 is 0 Å². The van der Waals surface area contributed by atoms with Gasteiger partial charge in [0.25, 0.3) is 0 Å². The van der Waals surface area contributed by atoms with Gasteiger partial charge in [-0.05, 0) is 30.2 Å². The van der Waals surface area contributed by atoms with E-state index in [1.807, 2.05) is 31.4 Å². The summed E-state index contributed by atoms with van der Waals surface area (Å²) in [6.07, 6.45) is 7.10. The summed E-state index contributed by atoms with van der Waals surface area (Å²) in [7, 11) is 1.85. The highest BCUT2D eigenvalue weighted by Crippen LogP contribution is 2.04. The second kappa shape index (κ2) is 5.39. The highest BCUT2D eigenvalue weighted by atomic mass is 16.1. The number of hydrogen-bond donors (Lipinski definition) is 0. The number of carbonyl (C=O) groups excluding carboxylic acids is 1. The quantitative estimate of drug-likeness (QED) is 0.781. The van der Waals surface area contributed by atoms with E-state index in [1.54, 1.807) is 17.1 Å². The van der Waals surface area contributed by atoms with Crippen LogP contribution in [-0.2, 0) is 24.7 Å². The lowest BCUT2D eigenvalue weighted by atomic mass is 10.1. The van der Waals surface area contributed by atoms with E-state index in [4.69, 9.17) is 0 Å². The van der Waals surface area contributed by atoms with Crippen LogP contribution in [0.2, 0.25) is 0 Å². The van der Waals surface area contributed by atoms with Crippen molar-refractivity contribution in [3.05, 3.63) is 48.0 Å². The van der Waals surface area contributed by atoms with Crippen molar-refractivity contribution in [2.45, 2.75) is 19.3 Å². The Labute approximate surface area is 100 Å². The monoisotopic (exact) mass is 229 g/mol. The van der Waals surface area contributed by atoms with Gasteiger partial charge in [-0.3, -0.25) is 14.5 Å². The zero-order chi connectivity index (χ0) is 12.1. The molecule has 0 saturated carbocycles. The number of Topliss-reactive ketones (excluding diaryl/α,β-unsaturated/α-hetero) is 1. The molecular formula is C13H15N3O. The topological polar surface area (TPSA) is 47.8 Å². The number of aromatic nitrogens is 3. The van der Waals surface area contributed by atoms with Gasteiger partial charge in [0.2, 0.25) is 0 Å². The van der Waals surface area contributed by atoms with Crippen molar-refractivity contribution in [2.75, 3.05) is 0 Å². The van der Waals surface area contributed by atoms with Gasteiger partial charge >= 0.3 is 0 Å². The van der Waals surface area contributed by atoms with E-state index >= 15 is 0 Å². The minimum absolute atomic E-state index is 0.223. The maximum Gasteiger partial charge on any atom is 0.139 e. The Morgan fingerprint density at radius 1 is 1.29 bits per heavy atom. The molecule has 0 aliphatic heterocycles. The van der Waals surface area contributed by atoms with Crippen molar-refractivity contribution in [1.82, 2.24) is 14.8 Å². The van der Waals surface area contributed by atoms with E-state index in [9.17, 15) is 4.79 Å². The summed E-state index contributed by atoms with van der Waals surface area (Å²) in [5, 5.41) is 4.19. The number of nitrogens with zero attached hydrogens (tertiary/aromatic N) is 3. The van der Waals surface area contributed by atoms with Crippen LogP contribution in [0.1, 0.15) is 17.7 Å². The Hall–Kier alpha value is -1.97. The van der Waals surface area contributed by atoms with Gasteiger partial charge in [-0.15, -0.1) is 0 Å². The molecule has 4 heteroatoms. The lowest BCUT2D eigenvalue weighted by Gasteiger charge is -1.99. The SMILES string of the molecule is Cn1ccc(CC(=O)CCc2ccncc2)n1. The van der Waals surface area contributed by atoms with Gasteiger partial charge in [0.15, 0.2) is 0 Å². The third-order valence-corrected chi connectivity index (χ3v) is 2.59. The molecule has 0 unspecified atom stereocenters. The highest BCUT2D eigenvalue weighted by molar-refractivity contribution is 5.80. The number of rotatable bonds is 5. The Kier molecular flexibility index (Phi) is 3.65. The van der Waals surface area contributed by atoms with Crippen molar-refractivity contribution in [3.8, 4) is 0 Å². The maximum absolute atomic E-state index is 11.7. The van der Waals surface area contributed by atoms with Crippen LogP contribution in [0, 0.1) is 0 Å². The molecule has 0 amide bonds. The summed E-state index contributed by atoms with van der Waals surface area (Å²) >= 11 is 0. The lowest BCUT2D eigenvalue weighted by molar-refractivity contribution is -0.118. The predicted molar refractivity (Wildman–Crippen MR) is 64.5 cm³/mol. The molecule has 0 N–H and O–H groups in total. The van der Waals surface area contributed by atoms with Crippen LogP contribution in [0.15, 0.2) is 36.8 Å². The van der Waals surface area contributed by atoms with Gasteiger partial charge in [0, 0.05) is 32.1 Å². The minimum atomic E-state index is 0.223. The Morgan fingerprint density at radius 3 is 2.71 bits per heavy atom. The molecule has 0 radical (unpaired) electrons. The molecule has 0 aliphatic carbocycles. The Balaban J connectivity index is 1.82. The first-order valence-electron chi connectivity index (χ1n) is 5.63. The van der Waals surface area contributed by atoms with Crippen molar-refractivity contribution < 1.29 is 4.79 Å². The lowest BCUT2D eigenvalue weighted by Crippen LogP contribution is -2.05. The summed E-state index contributed by atoms with van der Waals surface area (Å²) in [4.78, 5) is 15.7.